The van der Waals surface area contributed by atoms with Crippen molar-refractivity contribution in [1.29, 1.82) is 0 Å². The molecule has 14 nitrogen and oxygen atoms in total. The second-order valence-electron chi connectivity index (χ2n) is 19.0. The summed E-state index contributed by atoms with van der Waals surface area (Å²) in [7, 11) is 1.30. The Morgan fingerprint density at radius 1 is 0.742 bits per heavy atom. The lowest BCUT2D eigenvalue weighted by atomic mass is 9.89. The molecule has 6 aromatic rings. The van der Waals surface area contributed by atoms with Crippen LogP contribution in [-0.2, 0) is 31.9 Å². The topological polar surface area (TPSA) is 175 Å². The first-order chi connectivity index (χ1) is 31.7. The van der Waals surface area contributed by atoms with Crippen molar-refractivity contribution >= 4 is 34.8 Å². The molecule has 4 heterocycles. The van der Waals surface area contributed by atoms with Gasteiger partial charge in [0.25, 0.3) is 5.91 Å². The van der Waals surface area contributed by atoms with Gasteiger partial charge in [-0.1, -0.05) is 86.6 Å². The summed E-state index contributed by atoms with van der Waals surface area (Å²) in [6, 6.07) is 26.8. The smallest absolute Gasteiger partial charge is 0.408 e. The number of ether oxygens (including phenoxy) is 2. The van der Waals surface area contributed by atoms with Crippen LogP contribution in [0.3, 0.4) is 0 Å². The largest absolute Gasteiger partial charge is 0.453 e. The number of benzene rings is 4. The number of aryl methyl sites for hydroxylation is 2. The maximum Gasteiger partial charge on any atom is 0.408 e. The number of carbonyl (C=O) groups is 4. The number of fused-ring (bicyclic) bond motifs is 4. The van der Waals surface area contributed by atoms with Gasteiger partial charge in [-0.25, -0.2) is 19.6 Å². The Kier molecular flexibility index (Phi) is 12.2. The Bertz CT molecular complexity index is 2790. The van der Waals surface area contributed by atoms with Crippen LogP contribution in [-0.4, -0.2) is 85.6 Å². The number of nitrogens with one attached hydrogen (secondary N) is 4. The number of methoxy groups -OCH3 is 1. The van der Waals surface area contributed by atoms with Gasteiger partial charge in [0.1, 0.15) is 29.3 Å². The molecule has 4 aromatic carbocycles. The molecular weight excluding hydrogens is 833 g/mol. The number of H-pyrrole nitrogens is 2. The lowest BCUT2D eigenvalue weighted by molar-refractivity contribution is -0.136. The van der Waals surface area contributed by atoms with Crippen molar-refractivity contribution in [2.75, 3.05) is 20.2 Å². The minimum atomic E-state index is -0.906. The highest BCUT2D eigenvalue weighted by Crippen LogP contribution is 2.40. The van der Waals surface area contributed by atoms with Gasteiger partial charge in [-0.15, -0.1) is 0 Å². The van der Waals surface area contributed by atoms with E-state index in [4.69, 9.17) is 19.4 Å². The highest BCUT2D eigenvalue weighted by molar-refractivity contribution is 5.91. The third kappa shape index (κ3) is 9.01. The Morgan fingerprint density at radius 2 is 1.39 bits per heavy atom. The van der Waals surface area contributed by atoms with Crippen molar-refractivity contribution in [2.45, 2.75) is 103 Å². The number of nitrogens with zero attached hydrogens (tertiary/aromatic N) is 4. The maximum atomic E-state index is 14.2. The summed E-state index contributed by atoms with van der Waals surface area (Å²) in [4.78, 5) is 73.6. The van der Waals surface area contributed by atoms with E-state index in [-0.39, 0.29) is 29.8 Å². The minimum absolute atomic E-state index is 0.104. The molecule has 0 saturated carbocycles. The van der Waals surface area contributed by atoms with Gasteiger partial charge in [0.05, 0.1) is 42.5 Å². The fraction of sp³-hybridized carbons (Fsp3) is 0.385. The Balaban J connectivity index is 0.900. The van der Waals surface area contributed by atoms with Gasteiger partial charge in [-0.05, 0) is 110 Å². The molecule has 9 rings (SSSR count). The van der Waals surface area contributed by atoms with Crippen LogP contribution in [0.15, 0.2) is 91.1 Å². The number of amides is 4. The van der Waals surface area contributed by atoms with Crippen LogP contribution in [0.5, 0.6) is 0 Å². The number of aromatic amines is 2. The second-order valence-corrected chi connectivity index (χ2v) is 19.0. The standard InChI is InChI=1S/C52H58N8O6/c1-30(2)43(57-50(63)65-6)48(61)60-25-11-15-42(60)47-54-39-23-21-36-27-35(20-22-38(36)45(39)56-47)32-16-17-34-28-37(19-18-33(34)26-32)40-29-53-46(55-40)41-14-10-24-59(41)49(62)44(31-12-8-7-9-13-31)58-51(64)66-52(3,4)5/h7-9,12-13,16-20,22,26-30,41-44H,10-11,14-15,21,23-25H2,1-6H3,(H,53,55)(H,54,56)(H,57,63)(H,58,64)/t41-,42-,43-,44?/m0/s1. The first-order valence-corrected chi connectivity index (χ1v) is 23.1. The molecule has 4 atom stereocenters. The summed E-state index contributed by atoms with van der Waals surface area (Å²) in [6.45, 7) is 10.4. The number of rotatable bonds is 10. The fourth-order valence-electron chi connectivity index (χ4n) is 9.75. The van der Waals surface area contributed by atoms with E-state index >= 15 is 0 Å². The summed E-state index contributed by atoms with van der Waals surface area (Å²) < 4.78 is 10.3. The molecule has 2 fully saturated rings. The number of likely N-dealkylation sites (tertiary alicyclic amines) is 2. The first kappa shape index (κ1) is 44.3. The molecule has 14 heteroatoms. The Hall–Kier alpha value is -6.96. The van der Waals surface area contributed by atoms with Crippen LogP contribution >= 0.6 is 0 Å². The van der Waals surface area contributed by atoms with E-state index in [9.17, 15) is 19.2 Å². The van der Waals surface area contributed by atoms with Crippen molar-refractivity contribution in [2.24, 2.45) is 5.92 Å². The van der Waals surface area contributed by atoms with Crippen molar-refractivity contribution in [3.05, 3.63) is 120 Å². The lowest BCUT2D eigenvalue weighted by Crippen LogP contribution is -2.51. The second kappa shape index (κ2) is 18.1. The Morgan fingerprint density at radius 3 is 2.09 bits per heavy atom. The molecule has 3 aliphatic rings. The molecule has 2 saturated heterocycles. The third-order valence-electron chi connectivity index (χ3n) is 13.0. The van der Waals surface area contributed by atoms with Crippen LogP contribution in [0.4, 0.5) is 9.59 Å². The SMILES string of the molecule is COC(=O)N[C@H](C(=O)N1CCC[C@H]1c1nc2c([nH]1)-c1ccc(-c3ccc4cc(-c5cnc([C@@H]6CCCN6C(=O)C(NC(=O)OC(C)(C)C)c6ccccc6)[nH]5)ccc4c3)cc1CC2)C(C)C. The molecule has 342 valence electrons. The maximum absolute atomic E-state index is 14.2. The fourth-order valence-corrected chi connectivity index (χ4v) is 9.75. The molecule has 1 unspecified atom stereocenters. The zero-order valence-electron chi connectivity index (χ0n) is 38.4. The molecule has 1 aliphatic carbocycles. The molecule has 0 spiro atoms. The number of carbonyl (C=O) groups excluding carboxylic acids is 4. The van der Waals surface area contributed by atoms with Crippen LogP contribution < -0.4 is 10.6 Å². The average molecular weight is 891 g/mol. The van der Waals surface area contributed by atoms with Gasteiger partial charge in [-0.2, -0.15) is 0 Å². The molecule has 0 radical (unpaired) electrons. The zero-order valence-corrected chi connectivity index (χ0v) is 38.4. The number of hydrogen-bond donors (Lipinski definition) is 4. The summed E-state index contributed by atoms with van der Waals surface area (Å²) >= 11 is 0. The van der Waals surface area contributed by atoms with Gasteiger partial charge in [0, 0.05) is 24.2 Å². The molecular formula is C52H58N8O6. The lowest BCUT2D eigenvalue weighted by Gasteiger charge is -2.30. The highest BCUT2D eigenvalue weighted by Gasteiger charge is 2.39. The quantitative estimate of drug-likeness (QED) is 0.105. The summed E-state index contributed by atoms with van der Waals surface area (Å²) in [6.07, 6.45) is 5.45. The zero-order chi connectivity index (χ0) is 46.3. The van der Waals surface area contributed by atoms with Crippen molar-refractivity contribution in [3.8, 4) is 33.6 Å². The predicted octanol–water partition coefficient (Wildman–Crippen LogP) is 9.36. The van der Waals surface area contributed by atoms with Gasteiger partial charge >= 0.3 is 12.2 Å². The summed E-state index contributed by atoms with van der Waals surface area (Å²) in [5.74, 6) is 1.07. The first-order valence-electron chi connectivity index (χ1n) is 23.1. The van der Waals surface area contributed by atoms with Crippen molar-refractivity contribution in [3.63, 3.8) is 0 Å². The van der Waals surface area contributed by atoms with E-state index in [0.29, 0.717) is 24.5 Å². The van der Waals surface area contributed by atoms with Gasteiger partial charge in [0.2, 0.25) is 5.91 Å². The predicted molar refractivity (Wildman–Crippen MR) is 252 cm³/mol. The van der Waals surface area contributed by atoms with E-state index in [1.807, 2.05) is 60.2 Å². The molecule has 2 aromatic heterocycles. The average Bonchev–Trinajstić information content (AvgIpc) is 4.15. The van der Waals surface area contributed by atoms with Gasteiger partial charge < -0.3 is 39.9 Å². The van der Waals surface area contributed by atoms with E-state index in [2.05, 4.69) is 75.2 Å². The summed E-state index contributed by atoms with van der Waals surface area (Å²) in [5, 5.41) is 7.78. The minimum Gasteiger partial charge on any atom is -0.453 e. The number of hydrogen-bond acceptors (Lipinski definition) is 8. The van der Waals surface area contributed by atoms with E-state index in [1.165, 1.54) is 12.7 Å². The molecule has 4 amide bonds. The van der Waals surface area contributed by atoms with Crippen LogP contribution in [0.25, 0.3) is 44.4 Å². The van der Waals surface area contributed by atoms with Crippen molar-refractivity contribution < 1.29 is 28.7 Å². The molecule has 66 heavy (non-hydrogen) atoms. The monoisotopic (exact) mass is 890 g/mol. The normalized spacial score (nSPS) is 17.9. The van der Waals surface area contributed by atoms with Crippen molar-refractivity contribution in [1.82, 2.24) is 40.4 Å². The number of imidazole rings is 2. The number of alkyl carbamates (subject to hydrolysis) is 2. The summed E-state index contributed by atoms with van der Waals surface area (Å²) in [5.41, 5.74) is 8.49. The number of aromatic nitrogens is 4. The third-order valence-corrected chi connectivity index (χ3v) is 13.0. The van der Waals surface area contributed by atoms with E-state index in [1.54, 1.807) is 20.8 Å². The van der Waals surface area contributed by atoms with E-state index < -0.39 is 29.9 Å². The van der Waals surface area contributed by atoms with Crippen LogP contribution in [0.1, 0.15) is 107 Å². The van der Waals surface area contributed by atoms with Gasteiger partial charge in [-0.3, -0.25) is 9.59 Å². The van der Waals surface area contributed by atoms with Crippen LogP contribution in [0.2, 0.25) is 0 Å². The molecule has 0 bridgehead atoms. The molecule has 4 N–H and O–H groups in total. The van der Waals surface area contributed by atoms with Gasteiger partial charge in [0.15, 0.2) is 0 Å². The highest BCUT2D eigenvalue weighted by atomic mass is 16.6. The Labute approximate surface area is 384 Å². The van der Waals surface area contributed by atoms with Crippen LogP contribution in [0, 0.1) is 5.92 Å². The van der Waals surface area contributed by atoms with E-state index in [0.717, 1.165) is 94.5 Å². The molecule has 2 aliphatic heterocycles.